The highest BCUT2D eigenvalue weighted by atomic mass is 127. The zero-order chi connectivity index (χ0) is 10.0. The summed E-state index contributed by atoms with van der Waals surface area (Å²) in [4.78, 5) is 0. The topological polar surface area (TPSA) is 28.8 Å². The van der Waals surface area contributed by atoms with Crippen molar-refractivity contribution in [2.45, 2.75) is 6.92 Å². The van der Waals surface area contributed by atoms with Crippen LogP contribution in [-0.2, 0) is 0 Å². The molecular formula is C8H7I3N2. The molecule has 0 saturated heterocycles. The van der Waals surface area contributed by atoms with Crippen LogP contribution in [0, 0.1) is 12.3 Å². The maximum absolute atomic E-state index is 7.29. The van der Waals surface area contributed by atoms with E-state index in [1.165, 1.54) is 15.5 Å². The smallest absolute Gasteiger partial charge is 0.0733 e. The fourth-order valence-corrected chi connectivity index (χ4v) is 3.02. The molecule has 1 aromatic heterocycles. The predicted octanol–water partition coefficient (Wildman–Crippen LogP) is 4.16. The number of nitrogens with one attached hydrogen (secondary N) is 1. The van der Waals surface area contributed by atoms with Gasteiger partial charge in [0.15, 0.2) is 0 Å². The first kappa shape index (κ1) is 12.0. The number of aryl methyl sites for hydroxylation is 1. The van der Waals surface area contributed by atoms with Crippen LogP contribution in [0.15, 0.2) is 10.1 Å². The van der Waals surface area contributed by atoms with Gasteiger partial charge in [0.1, 0.15) is 0 Å². The van der Waals surface area contributed by atoms with Crippen LogP contribution in [-0.4, -0.2) is 9.00 Å². The van der Waals surface area contributed by atoms with Gasteiger partial charge < -0.3 is 5.41 Å². The van der Waals surface area contributed by atoms with E-state index in [-0.39, 0.29) is 0 Å². The number of nitrogens with zero attached hydrogens (tertiary/aromatic N) is 1. The van der Waals surface area contributed by atoms with E-state index in [1.54, 1.807) is 0 Å². The maximum Gasteiger partial charge on any atom is 0.0733 e. The zero-order valence-corrected chi connectivity index (χ0v) is 13.3. The molecule has 5 heteroatoms. The standard InChI is InChI=1S/C8H7I3N2/c1-5-2-6(4-12)8(13(5)11)7(10)3-9/h2-4,12H,1H3/b7-3+,12-4?. The molecule has 13 heavy (non-hydrogen) atoms. The van der Waals surface area contributed by atoms with Crippen molar-refractivity contribution >= 4 is 77.8 Å². The van der Waals surface area contributed by atoms with Gasteiger partial charge in [0.25, 0.3) is 0 Å². The fraction of sp³-hybridized carbons (Fsp3) is 0.125. The Kier molecular flexibility index (Phi) is 4.69. The summed E-state index contributed by atoms with van der Waals surface area (Å²) in [5, 5.41) is 7.29. The molecule has 0 fully saturated rings. The van der Waals surface area contributed by atoms with E-state index in [1.807, 2.05) is 17.1 Å². The minimum Gasteiger partial charge on any atom is -0.308 e. The van der Waals surface area contributed by atoms with E-state index >= 15 is 0 Å². The molecule has 0 aliphatic carbocycles. The molecule has 0 unspecified atom stereocenters. The third-order valence-electron chi connectivity index (χ3n) is 1.62. The number of rotatable bonds is 2. The monoisotopic (exact) mass is 512 g/mol. The quantitative estimate of drug-likeness (QED) is 0.456. The Labute approximate surface area is 118 Å². The average molecular weight is 512 g/mol. The molecule has 0 atom stereocenters. The lowest BCUT2D eigenvalue weighted by Crippen LogP contribution is -1.90. The second-order valence-electron chi connectivity index (χ2n) is 2.47. The summed E-state index contributed by atoms with van der Waals surface area (Å²) in [7, 11) is 0. The van der Waals surface area contributed by atoms with Crippen LogP contribution in [0.3, 0.4) is 0 Å². The van der Waals surface area contributed by atoms with Gasteiger partial charge in [0.2, 0.25) is 0 Å². The maximum atomic E-state index is 7.29. The lowest BCUT2D eigenvalue weighted by Gasteiger charge is -2.02. The van der Waals surface area contributed by atoms with Gasteiger partial charge in [-0.05, 0) is 39.7 Å². The van der Waals surface area contributed by atoms with Gasteiger partial charge in [0, 0.05) is 21.1 Å². The molecule has 70 valence electrons. The van der Waals surface area contributed by atoms with Crippen molar-refractivity contribution in [2.75, 3.05) is 0 Å². The summed E-state index contributed by atoms with van der Waals surface area (Å²) in [6.45, 7) is 2.04. The largest absolute Gasteiger partial charge is 0.308 e. The molecule has 1 heterocycles. The first-order valence-electron chi connectivity index (χ1n) is 3.47. The molecule has 0 aliphatic rings. The Hall–Kier alpha value is 0.880. The average Bonchev–Trinajstić information content (AvgIpc) is 2.42. The third kappa shape index (κ3) is 2.46. The zero-order valence-electron chi connectivity index (χ0n) is 6.81. The highest BCUT2D eigenvalue weighted by Gasteiger charge is 2.11. The molecule has 0 amide bonds. The molecule has 0 aliphatic heterocycles. The predicted molar refractivity (Wildman–Crippen MR) is 82.5 cm³/mol. The molecule has 0 radical (unpaired) electrons. The van der Waals surface area contributed by atoms with E-state index in [4.69, 9.17) is 5.41 Å². The number of hydrogen-bond acceptors (Lipinski definition) is 1. The fourth-order valence-electron chi connectivity index (χ4n) is 1.03. The first-order valence-corrected chi connectivity index (χ1v) is 6.76. The summed E-state index contributed by atoms with van der Waals surface area (Å²) in [5.74, 6) is 0. The Morgan fingerprint density at radius 3 is 2.69 bits per heavy atom. The van der Waals surface area contributed by atoms with Crippen LogP contribution in [0.2, 0.25) is 0 Å². The van der Waals surface area contributed by atoms with E-state index in [0.29, 0.717) is 0 Å². The molecule has 1 rings (SSSR count). The van der Waals surface area contributed by atoms with Gasteiger partial charge in [-0.3, -0.25) is 2.78 Å². The lowest BCUT2D eigenvalue weighted by atomic mass is 10.2. The van der Waals surface area contributed by atoms with E-state index in [9.17, 15) is 0 Å². The number of hydrogen-bond donors (Lipinski definition) is 1. The van der Waals surface area contributed by atoms with E-state index in [2.05, 4.69) is 70.8 Å². The Morgan fingerprint density at radius 2 is 2.23 bits per heavy atom. The van der Waals surface area contributed by atoms with Crippen LogP contribution < -0.4 is 0 Å². The summed E-state index contributed by atoms with van der Waals surface area (Å²) in [6, 6.07) is 2.02. The molecule has 0 spiro atoms. The lowest BCUT2D eigenvalue weighted by molar-refractivity contribution is 1.21. The molecule has 2 nitrogen and oxygen atoms in total. The van der Waals surface area contributed by atoms with Gasteiger partial charge >= 0.3 is 0 Å². The van der Waals surface area contributed by atoms with Gasteiger partial charge in [-0.25, -0.2) is 0 Å². The second kappa shape index (κ2) is 5.10. The number of aromatic nitrogens is 1. The van der Waals surface area contributed by atoms with E-state index < -0.39 is 0 Å². The Balaban J connectivity index is 3.40. The first-order chi connectivity index (χ1) is 6.11. The Morgan fingerprint density at radius 1 is 1.62 bits per heavy atom. The summed E-state index contributed by atoms with van der Waals surface area (Å²) in [5.41, 5.74) is 3.26. The molecule has 1 aromatic rings. The third-order valence-corrected chi connectivity index (χ3v) is 5.50. The molecular weight excluding hydrogens is 505 g/mol. The normalized spacial score (nSPS) is 11.8. The van der Waals surface area contributed by atoms with Crippen LogP contribution >= 0.6 is 68.0 Å². The minimum atomic E-state index is 0.976. The van der Waals surface area contributed by atoms with Gasteiger partial charge in [0.05, 0.1) is 28.6 Å². The van der Waals surface area contributed by atoms with Crippen LogP contribution in [0.25, 0.3) is 3.58 Å². The Bertz CT molecular complexity index is 366. The highest BCUT2D eigenvalue weighted by Crippen LogP contribution is 2.30. The second-order valence-corrected chi connectivity index (χ2v) is 5.22. The van der Waals surface area contributed by atoms with Crippen molar-refractivity contribution in [3.8, 4) is 0 Å². The van der Waals surface area contributed by atoms with Gasteiger partial charge in [-0.2, -0.15) is 0 Å². The van der Waals surface area contributed by atoms with Crippen molar-refractivity contribution in [1.29, 1.82) is 5.41 Å². The van der Waals surface area contributed by atoms with Crippen LogP contribution in [0.1, 0.15) is 17.0 Å². The van der Waals surface area contributed by atoms with Crippen molar-refractivity contribution in [3.63, 3.8) is 0 Å². The molecule has 1 N–H and O–H groups in total. The van der Waals surface area contributed by atoms with Crippen molar-refractivity contribution < 1.29 is 0 Å². The van der Waals surface area contributed by atoms with E-state index in [0.717, 1.165) is 11.3 Å². The van der Waals surface area contributed by atoms with Crippen LogP contribution in [0.4, 0.5) is 0 Å². The van der Waals surface area contributed by atoms with Crippen LogP contribution in [0.5, 0.6) is 0 Å². The molecule has 0 bridgehead atoms. The SMILES string of the molecule is Cc1cc(C=N)c(/C(I)=C\I)n1I. The summed E-state index contributed by atoms with van der Waals surface area (Å²) >= 11 is 6.75. The van der Waals surface area contributed by atoms with Gasteiger partial charge in [-0.15, -0.1) is 0 Å². The number of halogens is 3. The van der Waals surface area contributed by atoms with Crippen molar-refractivity contribution in [3.05, 3.63) is 27.1 Å². The summed E-state index contributed by atoms with van der Waals surface area (Å²) < 4.78 is 5.27. The van der Waals surface area contributed by atoms with Crippen molar-refractivity contribution in [2.24, 2.45) is 0 Å². The molecule has 0 aromatic carbocycles. The molecule has 0 saturated carbocycles. The minimum absolute atomic E-state index is 0.976. The van der Waals surface area contributed by atoms with Gasteiger partial charge in [-0.1, -0.05) is 22.6 Å². The summed E-state index contributed by atoms with van der Waals surface area (Å²) in [6.07, 6.45) is 1.40. The van der Waals surface area contributed by atoms with Crippen molar-refractivity contribution in [1.82, 2.24) is 2.78 Å². The highest BCUT2D eigenvalue weighted by molar-refractivity contribution is 14.1.